The van der Waals surface area contributed by atoms with Crippen LogP contribution in [0.4, 0.5) is 0 Å². The van der Waals surface area contributed by atoms with Crippen LogP contribution < -0.4 is 5.32 Å². The zero-order valence-electron chi connectivity index (χ0n) is 14.0. The average Bonchev–Trinajstić information content (AvgIpc) is 2.69. The number of amides is 2. The van der Waals surface area contributed by atoms with Gasteiger partial charge in [-0.25, -0.2) is 4.98 Å². The van der Waals surface area contributed by atoms with Crippen LogP contribution in [-0.2, 0) is 4.79 Å². The first-order valence-electron chi connectivity index (χ1n) is 8.19. The quantitative estimate of drug-likeness (QED) is 0.728. The van der Waals surface area contributed by atoms with Crippen LogP contribution in [0.5, 0.6) is 0 Å². The highest BCUT2D eigenvalue weighted by Gasteiger charge is 2.31. The van der Waals surface area contributed by atoms with Crippen molar-refractivity contribution in [2.75, 3.05) is 18.8 Å². The minimum Gasteiger partial charge on any atom is -0.389 e. The maximum Gasteiger partial charge on any atom is 0.271 e. The lowest BCUT2D eigenvalue weighted by molar-refractivity contribution is -0.131. The molecule has 2 atom stereocenters. The molecule has 1 aliphatic rings. The molecule has 2 aromatic heterocycles. The van der Waals surface area contributed by atoms with Crippen molar-refractivity contribution in [1.29, 1.82) is 0 Å². The number of aromatic nitrogens is 3. The molecule has 0 aliphatic carbocycles. The second-order valence-corrected chi connectivity index (χ2v) is 6.89. The van der Waals surface area contributed by atoms with Gasteiger partial charge in [0.2, 0.25) is 5.91 Å². The molecule has 1 aliphatic heterocycles. The van der Waals surface area contributed by atoms with E-state index in [-0.39, 0.29) is 24.1 Å². The molecule has 9 heteroatoms. The second kappa shape index (κ2) is 8.72. The fraction of sp³-hybridized carbons (Fsp3) is 0.353. The van der Waals surface area contributed by atoms with Crippen LogP contribution in [0.2, 0.25) is 0 Å². The summed E-state index contributed by atoms with van der Waals surface area (Å²) in [7, 11) is 0. The number of carbonyl (C=O) groups excluding carboxylic acids is 2. The number of hydrogen-bond acceptors (Lipinski definition) is 7. The lowest BCUT2D eigenvalue weighted by Gasteiger charge is -2.36. The van der Waals surface area contributed by atoms with E-state index in [9.17, 15) is 14.7 Å². The number of nitrogens with zero attached hydrogens (tertiary/aromatic N) is 4. The maximum absolute atomic E-state index is 12.3. The van der Waals surface area contributed by atoms with E-state index in [0.717, 1.165) is 4.90 Å². The SMILES string of the molecule is O=C(N[C@@H]1CCN(C(=O)CSc2ccncc2)C[C@H]1O)c1cnccn1. The highest BCUT2D eigenvalue weighted by Crippen LogP contribution is 2.19. The lowest BCUT2D eigenvalue weighted by atomic mass is 10.0. The number of pyridine rings is 1. The normalized spacial score (nSPS) is 19.8. The summed E-state index contributed by atoms with van der Waals surface area (Å²) in [5, 5.41) is 13.1. The Morgan fingerprint density at radius 1 is 1.23 bits per heavy atom. The molecular formula is C17H19N5O3S. The molecule has 0 saturated carbocycles. The Morgan fingerprint density at radius 2 is 2.04 bits per heavy atom. The summed E-state index contributed by atoms with van der Waals surface area (Å²) in [6, 6.07) is 3.28. The molecule has 2 amide bonds. The van der Waals surface area contributed by atoms with Gasteiger partial charge in [-0.3, -0.25) is 19.6 Å². The highest BCUT2D eigenvalue weighted by molar-refractivity contribution is 8.00. The van der Waals surface area contributed by atoms with Gasteiger partial charge < -0.3 is 15.3 Å². The molecule has 1 fully saturated rings. The molecule has 0 radical (unpaired) electrons. The summed E-state index contributed by atoms with van der Waals surface area (Å²) >= 11 is 1.43. The van der Waals surface area contributed by atoms with Crippen LogP contribution in [-0.4, -0.2) is 67.8 Å². The second-order valence-electron chi connectivity index (χ2n) is 5.84. The van der Waals surface area contributed by atoms with Crippen molar-refractivity contribution < 1.29 is 14.7 Å². The number of piperidine rings is 1. The van der Waals surface area contributed by atoms with Crippen molar-refractivity contribution in [3.05, 3.63) is 48.8 Å². The fourth-order valence-corrected chi connectivity index (χ4v) is 3.44. The number of likely N-dealkylation sites (tertiary alicyclic amines) is 1. The van der Waals surface area contributed by atoms with E-state index in [1.54, 1.807) is 17.3 Å². The molecule has 0 unspecified atom stereocenters. The average molecular weight is 373 g/mol. The number of β-amino-alcohol motifs (C(OH)–C–C–N with tert-alkyl or cyclic N) is 1. The molecule has 136 valence electrons. The number of hydrogen-bond donors (Lipinski definition) is 2. The minimum atomic E-state index is -0.820. The topological polar surface area (TPSA) is 108 Å². The van der Waals surface area contributed by atoms with E-state index >= 15 is 0 Å². The van der Waals surface area contributed by atoms with Gasteiger partial charge in [0.15, 0.2) is 0 Å². The van der Waals surface area contributed by atoms with Gasteiger partial charge in [-0.2, -0.15) is 0 Å². The molecule has 0 aromatic carbocycles. The van der Waals surface area contributed by atoms with E-state index in [1.165, 1.54) is 30.4 Å². The summed E-state index contributed by atoms with van der Waals surface area (Å²) in [6.07, 6.45) is 7.32. The van der Waals surface area contributed by atoms with Crippen molar-refractivity contribution in [3.63, 3.8) is 0 Å². The third-order valence-electron chi connectivity index (χ3n) is 4.06. The van der Waals surface area contributed by atoms with Crippen molar-refractivity contribution in [2.45, 2.75) is 23.5 Å². The van der Waals surface area contributed by atoms with Crippen LogP contribution in [0.3, 0.4) is 0 Å². The van der Waals surface area contributed by atoms with Crippen molar-refractivity contribution >= 4 is 23.6 Å². The van der Waals surface area contributed by atoms with Gasteiger partial charge >= 0.3 is 0 Å². The summed E-state index contributed by atoms with van der Waals surface area (Å²) < 4.78 is 0. The van der Waals surface area contributed by atoms with Crippen LogP contribution in [0.25, 0.3) is 0 Å². The van der Waals surface area contributed by atoms with Gasteiger partial charge in [-0.1, -0.05) is 0 Å². The molecule has 26 heavy (non-hydrogen) atoms. The van der Waals surface area contributed by atoms with Gasteiger partial charge in [0, 0.05) is 42.8 Å². The Morgan fingerprint density at radius 3 is 2.73 bits per heavy atom. The Kier molecular flexibility index (Phi) is 6.13. The van der Waals surface area contributed by atoms with E-state index in [1.807, 2.05) is 12.1 Å². The molecule has 2 aromatic rings. The monoisotopic (exact) mass is 373 g/mol. The van der Waals surface area contributed by atoms with Crippen molar-refractivity contribution in [3.8, 4) is 0 Å². The number of nitrogens with one attached hydrogen (secondary N) is 1. The van der Waals surface area contributed by atoms with Gasteiger partial charge in [0.1, 0.15) is 5.69 Å². The Hall–Kier alpha value is -2.52. The van der Waals surface area contributed by atoms with Crippen molar-refractivity contribution in [1.82, 2.24) is 25.2 Å². The van der Waals surface area contributed by atoms with Gasteiger partial charge in [-0.15, -0.1) is 11.8 Å². The molecule has 2 N–H and O–H groups in total. The van der Waals surface area contributed by atoms with Crippen LogP contribution in [0.1, 0.15) is 16.9 Å². The summed E-state index contributed by atoms with van der Waals surface area (Å²) in [6.45, 7) is 0.680. The van der Waals surface area contributed by atoms with Crippen LogP contribution in [0, 0.1) is 0 Å². The van der Waals surface area contributed by atoms with Crippen molar-refractivity contribution in [2.24, 2.45) is 0 Å². The predicted molar refractivity (Wildman–Crippen MR) is 95.5 cm³/mol. The first kappa shape index (κ1) is 18.3. The number of aliphatic hydroxyl groups is 1. The molecule has 3 rings (SSSR count). The summed E-state index contributed by atoms with van der Waals surface area (Å²) in [5.41, 5.74) is 0.201. The third-order valence-corrected chi connectivity index (χ3v) is 5.06. The Bertz CT molecular complexity index is 747. The van der Waals surface area contributed by atoms with Gasteiger partial charge in [0.25, 0.3) is 5.91 Å². The van der Waals surface area contributed by atoms with E-state index in [4.69, 9.17) is 0 Å². The first-order valence-corrected chi connectivity index (χ1v) is 9.17. The zero-order valence-corrected chi connectivity index (χ0v) is 14.8. The fourth-order valence-electron chi connectivity index (χ4n) is 2.66. The Labute approximate surface area is 155 Å². The standard InChI is InChI=1S/C17H19N5O3S/c23-15-10-22(16(24)11-26-12-1-4-18-5-2-12)8-3-13(15)21-17(25)14-9-19-6-7-20-14/h1-2,4-7,9,13,15,23H,3,8,10-11H2,(H,21,25)/t13-,15-/m1/s1. The largest absolute Gasteiger partial charge is 0.389 e. The van der Waals surface area contributed by atoms with Gasteiger partial charge in [0.05, 0.1) is 24.1 Å². The molecule has 3 heterocycles. The number of thioether (sulfide) groups is 1. The molecule has 1 saturated heterocycles. The minimum absolute atomic E-state index is 0.0374. The van der Waals surface area contributed by atoms with E-state index in [2.05, 4.69) is 20.3 Å². The first-order chi connectivity index (χ1) is 12.6. The molecule has 8 nitrogen and oxygen atoms in total. The number of carbonyl (C=O) groups is 2. The molecule has 0 bridgehead atoms. The van der Waals surface area contributed by atoms with E-state index in [0.29, 0.717) is 18.7 Å². The van der Waals surface area contributed by atoms with E-state index < -0.39 is 12.1 Å². The summed E-state index contributed by atoms with van der Waals surface area (Å²) in [5.74, 6) is -0.118. The van der Waals surface area contributed by atoms with Gasteiger partial charge in [-0.05, 0) is 18.6 Å². The molecule has 0 spiro atoms. The zero-order chi connectivity index (χ0) is 18.4. The third kappa shape index (κ3) is 4.77. The predicted octanol–water partition coefficient (Wildman–Crippen LogP) is 0.355. The number of rotatable bonds is 5. The van der Waals surface area contributed by atoms with Crippen LogP contribution >= 0.6 is 11.8 Å². The molecular weight excluding hydrogens is 354 g/mol. The Balaban J connectivity index is 1.48. The van der Waals surface area contributed by atoms with Crippen LogP contribution in [0.15, 0.2) is 48.0 Å². The smallest absolute Gasteiger partial charge is 0.271 e. The lowest BCUT2D eigenvalue weighted by Crippen LogP contribution is -2.55. The highest BCUT2D eigenvalue weighted by atomic mass is 32.2. The maximum atomic E-state index is 12.3. The number of aliphatic hydroxyl groups excluding tert-OH is 1. The summed E-state index contributed by atoms with van der Waals surface area (Å²) in [4.78, 5) is 38.8.